The van der Waals surface area contributed by atoms with Crippen LogP contribution in [-0.4, -0.2) is 62.7 Å². The van der Waals surface area contributed by atoms with Crippen LogP contribution in [0.1, 0.15) is 40.5 Å². The summed E-state index contributed by atoms with van der Waals surface area (Å²) in [5.74, 6) is 0.742. The molecule has 114 valence electrons. The zero-order valence-electron chi connectivity index (χ0n) is 14.0. The first-order valence-corrected chi connectivity index (χ1v) is 7.96. The normalized spacial score (nSPS) is 24.3. The summed E-state index contributed by atoms with van der Waals surface area (Å²) in [6.07, 6.45) is 2.58. The maximum atomic E-state index is 3.65. The Bertz CT molecular complexity index is 252. The number of nitrogens with one attached hydrogen (secondary N) is 1. The summed E-state index contributed by atoms with van der Waals surface area (Å²) < 4.78 is 0. The van der Waals surface area contributed by atoms with Gasteiger partial charge in [-0.2, -0.15) is 0 Å². The molecule has 0 aliphatic carbocycles. The van der Waals surface area contributed by atoms with Crippen molar-refractivity contribution in [2.45, 2.75) is 46.6 Å². The fraction of sp³-hybridized carbons (Fsp3) is 1.00. The molecule has 1 N–H and O–H groups in total. The summed E-state index contributed by atoms with van der Waals surface area (Å²) >= 11 is 0. The smallest absolute Gasteiger partial charge is 0.0229 e. The molecule has 3 nitrogen and oxygen atoms in total. The first-order chi connectivity index (χ1) is 8.86. The van der Waals surface area contributed by atoms with Crippen LogP contribution in [0, 0.1) is 11.3 Å². The molecule has 0 amide bonds. The van der Waals surface area contributed by atoms with Gasteiger partial charge in [-0.05, 0) is 51.4 Å². The average molecular weight is 269 g/mol. The molecule has 0 aromatic heterocycles. The zero-order chi connectivity index (χ0) is 14.5. The summed E-state index contributed by atoms with van der Waals surface area (Å²) in [5.41, 5.74) is 0.413. The van der Waals surface area contributed by atoms with Gasteiger partial charge in [-0.3, -0.25) is 0 Å². The van der Waals surface area contributed by atoms with Crippen molar-refractivity contribution in [3.8, 4) is 0 Å². The lowest BCUT2D eigenvalue weighted by atomic mass is 9.86. The fourth-order valence-corrected chi connectivity index (χ4v) is 2.87. The predicted octanol–water partition coefficient (Wildman–Crippen LogP) is 2.28. The highest BCUT2D eigenvalue weighted by atomic mass is 15.2. The van der Waals surface area contributed by atoms with Crippen LogP contribution >= 0.6 is 0 Å². The van der Waals surface area contributed by atoms with Gasteiger partial charge in [0.25, 0.3) is 0 Å². The second-order valence-electron chi connectivity index (χ2n) is 7.33. The highest BCUT2D eigenvalue weighted by Crippen LogP contribution is 2.25. The van der Waals surface area contributed by atoms with Crippen LogP contribution in [0.3, 0.4) is 0 Å². The van der Waals surface area contributed by atoms with Crippen molar-refractivity contribution in [3.05, 3.63) is 0 Å². The zero-order valence-corrected chi connectivity index (χ0v) is 14.0. The highest BCUT2D eigenvalue weighted by Gasteiger charge is 2.30. The van der Waals surface area contributed by atoms with Crippen molar-refractivity contribution >= 4 is 0 Å². The number of hydrogen-bond donors (Lipinski definition) is 1. The molecular formula is C16H35N3. The number of rotatable bonds is 8. The van der Waals surface area contributed by atoms with E-state index in [1.165, 1.54) is 32.5 Å². The Morgan fingerprint density at radius 3 is 2.53 bits per heavy atom. The lowest BCUT2D eigenvalue weighted by Gasteiger charge is -2.34. The molecule has 0 bridgehead atoms. The Morgan fingerprint density at radius 1 is 1.37 bits per heavy atom. The van der Waals surface area contributed by atoms with Gasteiger partial charge in [-0.1, -0.05) is 27.7 Å². The SMILES string of the molecule is CCC(C)(CNCC(C)C)CN1CCC(N(C)C)C1. The molecular weight excluding hydrogens is 234 g/mol. The van der Waals surface area contributed by atoms with Gasteiger partial charge in [0.1, 0.15) is 0 Å². The molecule has 1 rings (SSSR count). The van der Waals surface area contributed by atoms with Crippen LogP contribution in [0.5, 0.6) is 0 Å². The minimum absolute atomic E-state index is 0.413. The van der Waals surface area contributed by atoms with Crippen LogP contribution in [0.2, 0.25) is 0 Å². The van der Waals surface area contributed by atoms with E-state index in [-0.39, 0.29) is 0 Å². The molecule has 19 heavy (non-hydrogen) atoms. The third kappa shape index (κ3) is 5.80. The number of nitrogens with zero attached hydrogens (tertiary/aromatic N) is 2. The fourth-order valence-electron chi connectivity index (χ4n) is 2.87. The Morgan fingerprint density at radius 2 is 2.05 bits per heavy atom. The second-order valence-corrected chi connectivity index (χ2v) is 7.33. The quantitative estimate of drug-likeness (QED) is 0.729. The predicted molar refractivity (Wildman–Crippen MR) is 84.6 cm³/mol. The van der Waals surface area contributed by atoms with Gasteiger partial charge in [0.2, 0.25) is 0 Å². The third-order valence-electron chi connectivity index (χ3n) is 4.54. The van der Waals surface area contributed by atoms with Crippen molar-refractivity contribution < 1.29 is 0 Å². The Hall–Kier alpha value is -0.120. The molecule has 0 saturated carbocycles. The molecule has 1 saturated heterocycles. The summed E-state index contributed by atoms with van der Waals surface area (Å²) in [5, 5.41) is 3.65. The molecule has 2 unspecified atom stereocenters. The van der Waals surface area contributed by atoms with E-state index in [1.54, 1.807) is 0 Å². The molecule has 1 aliphatic heterocycles. The van der Waals surface area contributed by atoms with Crippen molar-refractivity contribution in [2.24, 2.45) is 11.3 Å². The van der Waals surface area contributed by atoms with Crippen molar-refractivity contribution in [1.82, 2.24) is 15.1 Å². The van der Waals surface area contributed by atoms with Crippen LogP contribution in [-0.2, 0) is 0 Å². The largest absolute Gasteiger partial charge is 0.316 e. The Labute approximate surface area is 120 Å². The molecule has 1 aliphatic rings. The maximum absolute atomic E-state index is 3.65. The Balaban J connectivity index is 2.38. The summed E-state index contributed by atoms with van der Waals surface area (Å²) in [6, 6.07) is 0.754. The lowest BCUT2D eigenvalue weighted by molar-refractivity contribution is 0.168. The summed E-state index contributed by atoms with van der Waals surface area (Å²) in [4.78, 5) is 5.03. The van der Waals surface area contributed by atoms with E-state index in [9.17, 15) is 0 Å². The van der Waals surface area contributed by atoms with Gasteiger partial charge >= 0.3 is 0 Å². The van der Waals surface area contributed by atoms with Crippen LogP contribution in [0.25, 0.3) is 0 Å². The van der Waals surface area contributed by atoms with Gasteiger partial charge in [0, 0.05) is 25.7 Å². The first kappa shape index (κ1) is 16.9. The van der Waals surface area contributed by atoms with Gasteiger partial charge in [-0.25, -0.2) is 0 Å². The van der Waals surface area contributed by atoms with Crippen molar-refractivity contribution in [2.75, 3.05) is 46.8 Å². The van der Waals surface area contributed by atoms with E-state index < -0.39 is 0 Å². The highest BCUT2D eigenvalue weighted by molar-refractivity contribution is 4.86. The average Bonchev–Trinajstić information content (AvgIpc) is 2.77. The molecule has 3 heteroatoms. The van der Waals surface area contributed by atoms with E-state index in [0.29, 0.717) is 5.41 Å². The van der Waals surface area contributed by atoms with E-state index in [2.05, 4.69) is 56.9 Å². The molecule has 1 fully saturated rings. The lowest BCUT2D eigenvalue weighted by Crippen LogP contribution is -2.43. The number of likely N-dealkylation sites (tertiary alicyclic amines) is 1. The van der Waals surface area contributed by atoms with Gasteiger partial charge in [0.15, 0.2) is 0 Å². The molecule has 1 heterocycles. The van der Waals surface area contributed by atoms with E-state index in [1.807, 2.05) is 0 Å². The molecule has 2 atom stereocenters. The maximum Gasteiger partial charge on any atom is 0.0229 e. The minimum atomic E-state index is 0.413. The second kappa shape index (κ2) is 7.61. The summed E-state index contributed by atoms with van der Waals surface area (Å²) in [6.45, 7) is 15.3. The third-order valence-corrected chi connectivity index (χ3v) is 4.54. The molecule has 0 radical (unpaired) electrons. The van der Waals surface area contributed by atoms with Crippen molar-refractivity contribution in [3.63, 3.8) is 0 Å². The minimum Gasteiger partial charge on any atom is -0.316 e. The van der Waals surface area contributed by atoms with Crippen molar-refractivity contribution in [1.29, 1.82) is 0 Å². The van der Waals surface area contributed by atoms with Gasteiger partial charge < -0.3 is 15.1 Å². The number of likely N-dealkylation sites (N-methyl/N-ethyl adjacent to an activating group) is 1. The number of hydrogen-bond acceptors (Lipinski definition) is 3. The molecule has 0 aromatic carbocycles. The van der Waals surface area contributed by atoms with E-state index >= 15 is 0 Å². The van der Waals surface area contributed by atoms with Crippen LogP contribution in [0.4, 0.5) is 0 Å². The van der Waals surface area contributed by atoms with E-state index in [4.69, 9.17) is 0 Å². The molecule has 0 aromatic rings. The van der Waals surface area contributed by atoms with Crippen LogP contribution in [0.15, 0.2) is 0 Å². The monoisotopic (exact) mass is 269 g/mol. The Kier molecular flexibility index (Phi) is 6.78. The standard InChI is InChI=1S/C16H35N3/c1-7-16(4,12-17-10-14(2)3)13-19-9-8-15(11-19)18(5)6/h14-15,17H,7-13H2,1-6H3. The summed E-state index contributed by atoms with van der Waals surface area (Å²) in [7, 11) is 4.41. The topological polar surface area (TPSA) is 18.5 Å². The molecule has 0 spiro atoms. The van der Waals surface area contributed by atoms with Gasteiger partial charge in [-0.15, -0.1) is 0 Å². The first-order valence-electron chi connectivity index (χ1n) is 7.96. The van der Waals surface area contributed by atoms with Crippen LogP contribution < -0.4 is 5.32 Å². The van der Waals surface area contributed by atoms with Gasteiger partial charge in [0.05, 0.1) is 0 Å². The van der Waals surface area contributed by atoms with E-state index in [0.717, 1.165) is 25.0 Å².